The van der Waals surface area contributed by atoms with Crippen molar-refractivity contribution in [1.82, 2.24) is 9.80 Å². The van der Waals surface area contributed by atoms with Crippen LogP contribution in [-0.4, -0.2) is 68.2 Å². The number of β-lactam (4-membered cyclic amide) rings is 1. The van der Waals surface area contributed by atoms with Gasteiger partial charge < -0.3 is 20.5 Å². The fourth-order valence-electron chi connectivity index (χ4n) is 4.06. The van der Waals surface area contributed by atoms with Crippen LogP contribution in [0.3, 0.4) is 0 Å². The van der Waals surface area contributed by atoms with E-state index in [1.165, 1.54) is 16.7 Å². The van der Waals surface area contributed by atoms with E-state index >= 15 is 0 Å². The number of carbonyl (C=O) groups is 3. The maximum atomic E-state index is 13.0. The number of nitrogens with zero attached hydrogens (tertiary/aromatic N) is 2. The Labute approximate surface area is 148 Å². The van der Waals surface area contributed by atoms with E-state index in [4.69, 9.17) is 10.5 Å². The Morgan fingerprint density at radius 2 is 1.92 bits per heavy atom. The smallest absolute Gasteiger partial charge is 0.411 e. The number of ether oxygens (including phenoxy) is 1. The average Bonchev–Trinajstić information content (AvgIpc) is 2.81. The van der Waals surface area contributed by atoms with E-state index in [2.05, 4.69) is 0 Å². The maximum absolute atomic E-state index is 13.0. The standard InChI is InChI=1S/C17H29N3O5/c1-9-7-8-17(20(9)15(24)25-16(4,5)6)11(3)19(14(17)23)12(10(2)21)13(18)22/h9-12,21H,7-8H2,1-6H3,(H2,18,22)/t9?,10-,11?,12+,17?/m1/s1. The van der Waals surface area contributed by atoms with Gasteiger partial charge in [0.15, 0.2) is 0 Å². The summed E-state index contributed by atoms with van der Waals surface area (Å²) in [7, 11) is 0. The minimum absolute atomic E-state index is 0.151. The van der Waals surface area contributed by atoms with Crippen LogP contribution in [0.5, 0.6) is 0 Å². The Balaban J connectivity index is 2.33. The minimum atomic E-state index is -1.11. The van der Waals surface area contributed by atoms with E-state index in [1.54, 1.807) is 27.7 Å². The summed E-state index contributed by atoms with van der Waals surface area (Å²) >= 11 is 0. The van der Waals surface area contributed by atoms with Gasteiger partial charge in [0.1, 0.15) is 17.2 Å². The number of carbonyl (C=O) groups excluding carboxylic acids is 3. The van der Waals surface area contributed by atoms with Crippen LogP contribution >= 0.6 is 0 Å². The van der Waals surface area contributed by atoms with Gasteiger partial charge in [0.05, 0.1) is 12.1 Å². The summed E-state index contributed by atoms with van der Waals surface area (Å²) in [5.41, 5.74) is 3.65. The molecule has 8 heteroatoms. The largest absolute Gasteiger partial charge is 0.444 e. The zero-order valence-electron chi connectivity index (χ0n) is 15.8. The minimum Gasteiger partial charge on any atom is -0.444 e. The Bertz CT molecular complexity index is 585. The van der Waals surface area contributed by atoms with Crippen molar-refractivity contribution < 1.29 is 24.2 Å². The Morgan fingerprint density at radius 3 is 2.32 bits per heavy atom. The van der Waals surface area contributed by atoms with Crippen molar-refractivity contribution >= 4 is 17.9 Å². The summed E-state index contributed by atoms with van der Waals surface area (Å²) in [4.78, 5) is 40.2. The molecule has 2 rings (SSSR count). The number of aliphatic hydroxyl groups excluding tert-OH is 1. The molecular weight excluding hydrogens is 326 g/mol. The molecule has 3 amide bonds. The summed E-state index contributed by atoms with van der Waals surface area (Å²) < 4.78 is 5.49. The van der Waals surface area contributed by atoms with Gasteiger partial charge in [-0.2, -0.15) is 0 Å². The molecule has 0 saturated carbocycles. The van der Waals surface area contributed by atoms with Gasteiger partial charge in [-0.15, -0.1) is 0 Å². The molecule has 8 nitrogen and oxygen atoms in total. The molecule has 2 aliphatic rings. The molecule has 0 aromatic carbocycles. The lowest BCUT2D eigenvalue weighted by atomic mass is 9.75. The van der Waals surface area contributed by atoms with E-state index in [1.807, 2.05) is 6.92 Å². The van der Waals surface area contributed by atoms with E-state index in [-0.39, 0.29) is 11.9 Å². The second kappa shape index (κ2) is 6.16. The number of amides is 3. The predicted molar refractivity (Wildman–Crippen MR) is 90.5 cm³/mol. The Hall–Kier alpha value is -1.83. The van der Waals surface area contributed by atoms with Crippen LogP contribution in [0.4, 0.5) is 4.79 Å². The van der Waals surface area contributed by atoms with Gasteiger partial charge in [-0.1, -0.05) is 0 Å². The summed E-state index contributed by atoms with van der Waals surface area (Å²) in [5, 5.41) is 9.86. The van der Waals surface area contributed by atoms with Gasteiger partial charge in [0.2, 0.25) is 5.91 Å². The number of likely N-dealkylation sites (tertiary alicyclic amines) is 2. The first kappa shape index (κ1) is 19.5. The highest BCUT2D eigenvalue weighted by Crippen LogP contribution is 2.48. The van der Waals surface area contributed by atoms with Crippen molar-refractivity contribution in [3.05, 3.63) is 0 Å². The average molecular weight is 355 g/mol. The third kappa shape index (κ3) is 2.96. The van der Waals surface area contributed by atoms with Crippen LogP contribution in [0.25, 0.3) is 0 Å². The summed E-state index contributed by atoms with van der Waals surface area (Å²) in [6.45, 7) is 10.4. The lowest BCUT2D eigenvalue weighted by Gasteiger charge is -2.59. The highest BCUT2D eigenvalue weighted by molar-refractivity contribution is 6.00. The molecule has 0 aromatic rings. The predicted octanol–water partition coefficient (Wildman–Crippen LogP) is 0.610. The topological polar surface area (TPSA) is 113 Å². The molecule has 3 unspecified atom stereocenters. The fraction of sp³-hybridized carbons (Fsp3) is 0.824. The molecule has 3 N–H and O–H groups in total. The lowest BCUT2D eigenvalue weighted by molar-refractivity contribution is -0.183. The normalized spacial score (nSPS) is 31.7. The number of aliphatic hydroxyl groups is 1. The molecule has 0 bridgehead atoms. The quantitative estimate of drug-likeness (QED) is 0.720. The summed E-state index contributed by atoms with van der Waals surface area (Å²) in [6, 6.07) is -1.70. The Kier molecular flexibility index (Phi) is 4.80. The van der Waals surface area contributed by atoms with Crippen LogP contribution in [0.2, 0.25) is 0 Å². The fourth-order valence-corrected chi connectivity index (χ4v) is 4.06. The molecule has 0 radical (unpaired) electrons. The second-order valence-corrected chi connectivity index (χ2v) is 8.14. The maximum Gasteiger partial charge on any atom is 0.411 e. The van der Waals surface area contributed by atoms with Gasteiger partial charge in [-0.05, 0) is 54.4 Å². The third-order valence-corrected chi connectivity index (χ3v) is 5.17. The van der Waals surface area contributed by atoms with Crippen molar-refractivity contribution in [3.63, 3.8) is 0 Å². The number of nitrogens with two attached hydrogens (primary N) is 1. The van der Waals surface area contributed by atoms with Crippen LogP contribution in [0.15, 0.2) is 0 Å². The van der Waals surface area contributed by atoms with E-state index in [0.717, 1.165) is 0 Å². The number of hydrogen-bond acceptors (Lipinski definition) is 5. The molecule has 0 aliphatic carbocycles. The van der Waals surface area contributed by atoms with Gasteiger partial charge >= 0.3 is 6.09 Å². The van der Waals surface area contributed by atoms with Gasteiger partial charge in [0.25, 0.3) is 5.91 Å². The number of hydrogen-bond donors (Lipinski definition) is 2. The van der Waals surface area contributed by atoms with Crippen LogP contribution < -0.4 is 5.73 Å². The number of rotatable bonds is 3. The first-order chi connectivity index (χ1) is 11.3. The van der Waals surface area contributed by atoms with E-state index in [0.29, 0.717) is 12.8 Å². The van der Waals surface area contributed by atoms with Gasteiger partial charge in [-0.3, -0.25) is 14.5 Å². The lowest BCUT2D eigenvalue weighted by Crippen LogP contribution is -2.82. The van der Waals surface area contributed by atoms with Crippen LogP contribution in [0, 0.1) is 0 Å². The molecule has 25 heavy (non-hydrogen) atoms. The molecule has 1 spiro atoms. The zero-order valence-corrected chi connectivity index (χ0v) is 15.8. The first-order valence-electron chi connectivity index (χ1n) is 8.67. The third-order valence-electron chi connectivity index (χ3n) is 5.17. The van der Waals surface area contributed by atoms with Crippen molar-refractivity contribution in [2.45, 2.75) is 89.8 Å². The van der Waals surface area contributed by atoms with Crippen LogP contribution in [-0.2, 0) is 14.3 Å². The SMILES string of the molecule is CC1CCC2(C(=O)N([C@H](C(N)=O)[C@@H](C)O)C2C)N1C(=O)OC(C)(C)C. The first-order valence-corrected chi connectivity index (χ1v) is 8.67. The van der Waals surface area contributed by atoms with E-state index in [9.17, 15) is 19.5 Å². The van der Waals surface area contributed by atoms with Crippen LogP contribution in [0.1, 0.15) is 54.4 Å². The van der Waals surface area contributed by atoms with Gasteiger partial charge in [-0.25, -0.2) is 4.79 Å². The molecule has 142 valence electrons. The summed E-state index contributed by atoms with van der Waals surface area (Å²) in [5.74, 6) is -1.13. The Morgan fingerprint density at radius 1 is 1.36 bits per heavy atom. The van der Waals surface area contributed by atoms with E-state index < -0.39 is 41.3 Å². The summed E-state index contributed by atoms with van der Waals surface area (Å²) in [6.07, 6.45) is -0.464. The van der Waals surface area contributed by atoms with Crippen molar-refractivity contribution in [3.8, 4) is 0 Å². The van der Waals surface area contributed by atoms with Crippen molar-refractivity contribution in [1.29, 1.82) is 0 Å². The molecule has 0 aromatic heterocycles. The monoisotopic (exact) mass is 355 g/mol. The van der Waals surface area contributed by atoms with Gasteiger partial charge in [0, 0.05) is 6.04 Å². The molecule has 2 heterocycles. The molecule has 2 aliphatic heterocycles. The molecular formula is C17H29N3O5. The molecule has 5 atom stereocenters. The highest BCUT2D eigenvalue weighted by atomic mass is 16.6. The zero-order chi connectivity index (χ0) is 19.3. The number of primary amides is 1. The van der Waals surface area contributed by atoms with Crippen molar-refractivity contribution in [2.75, 3.05) is 0 Å². The molecule has 2 saturated heterocycles. The second-order valence-electron chi connectivity index (χ2n) is 8.14. The highest BCUT2D eigenvalue weighted by Gasteiger charge is 2.69. The van der Waals surface area contributed by atoms with Crippen molar-refractivity contribution in [2.24, 2.45) is 5.73 Å². The molecule has 2 fully saturated rings.